The summed E-state index contributed by atoms with van der Waals surface area (Å²) in [5.74, 6) is 0.573. The van der Waals surface area contributed by atoms with Gasteiger partial charge in [-0.3, -0.25) is 4.79 Å². The summed E-state index contributed by atoms with van der Waals surface area (Å²) in [6, 6.07) is 13.9. The Hall–Kier alpha value is -1.61. The molecule has 0 bridgehead atoms. The number of rotatable bonds is 5. The molecule has 0 saturated heterocycles. The van der Waals surface area contributed by atoms with Gasteiger partial charge in [0.15, 0.2) is 5.78 Å². The molecule has 0 atom stereocenters. The Morgan fingerprint density at radius 3 is 2.20 bits per heavy atom. The smallest absolute Gasteiger partial charge is 0.173 e. The van der Waals surface area contributed by atoms with Gasteiger partial charge in [0.1, 0.15) is 5.82 Å². The quantitative estimate of drug-likeness (QED) is 0.573. The van der Waals surface area contributed by atoms with Crippen molar-refractivity contribution in [3.8, 4) is 0 Å². The zero-order valence-electron chi connectivity index (χ0n) is 11.6. The van der Waals surface area contributed by atoms with Gasteiger partial charge in [-0.2, -0.15) is 0 Å². The van der Waals surface area contributed by atoms with Gasteiger partial charge in [0.05, 0.1) is 5.75 Å². The normalized spacial score (nSPS) is 10.8. The van der Waals surface area contributed by atoms with Gasteiger partial charge in [0, 0.05) is 10.5 Å². The van der Waals surface area contributed by atoms with Crippen LogP contribution in [0.25, 0.3) is 0 Å². The van der Waals surface area contributed by atoms with Crippen LogP contribution >= 0.6 is 11.8 Å². The molecule has 0 aromatic heterocycles. The predicted octanol–water partition coefficient (Wildman–Crippen LogP) is 4.92. The van der Waals surface area contributed by atoms with Crippen LogP contribution in [0.1, 0.15) is 35.7 Å². The van der Waals surface area contributed by atoms with Crippen molar-refractivity contribution in [2.24, 2.45) is 0 Å². The summed E-state index contributed by atoms with van der Waals surface area (Å²) >= 11 is 1.50. The number of ketones is 1. The van der Waals surface area contributed by atoms with Gasteiger partial charge in [0.25, 0.3) is 0 Å². The predicted molar refractivity (Wildman–Crippen MR) is 82.0 cm³/mol. The highest BCUT2D eigenvalue weighted by Gasteiger charge is 2.07. The number of Topliss-reactive ketones (excluding diaryl/α,β-unsaturated/α-hetero) is 1. The molecule has 0 spiro atoms. The van der Waals surface area contributed by atoms with E-state index in [1.165, 1.54) is 41.6 Å². The maximum atomic E-state index is 12.8. The molecule has 1 nitrogen and oxygen atoms in total. The first-order chi connectivity index (χ1) is 9.56. The van der Waals surface area contributed by atoms with E-state index in [0.717, 1.165) is 4.90 Å². The minimum atomic E-state index is -0.321. The molecule has 2 rings (SSSR count). The van der Waals surface area contributed by atoms with Crippen LogP contribution in [0.3, 0.4) is 0 Å². The third-order valence-electron chi connectivity index (χ3n) is 3.08. The van der Waals surface area contributed by atoms with Crippen molar-refractivity contribution in [1.29, 1.82) is 0 Å². The first-order valence-electron chi connectivity index (χ1n) is 6.58. The van der Waals surface area contributed by atoms with E-state index in [4.69, 9.17) is 0 Å². The zero-order valence-corrected chi connectivity index (χ0v) is 12.4. The van der Waals surface area contributed by atoms with Crippen LogP contribution in [-0.4, -0.2) is 11.5 Å². The first kappa shape index (κ1) is 14.8. The van der Waals surface area contributed by atoms with E-state index in [9.17, 15) is 9.18 Å². The summed E-state index contributed by atoms with van der Waals surface area (Å²) in [6.45, 7) is 4.31. The molecular formula is C17H17FOS. The van der Waals surface area contributed by atoms with Gasteiger partial charge in [0.2, 0.25) is 0 Å². The average Bonchev–Trinajstić information content (AvgIpc) is 2.46. The molecule has 2 aromatic carbocycles. The van der Waals surface area contributed by atoms with Crippen molar-refractivity contribution < 1.29 is 9.18 Å². The van der Waals surface area contributed by atoms with Crippen LogP contribution in [0, 0.1) is 5.82 Å². The highest BCUT2D eigenvalue weighted by Crippen LogP contribution is 2.22. The number of carbonyl (C=O) groups is 1. The zero-order chi connectivity index (χ0) is 14.5. The van der Waals surface area contributed by atoms with Crippen molar-refractivity contribution in [3.05, 3.63) is 65.5 Å². The number of thioether (sulfide) groups is 1. The molecular weight excluding hydrogens is 271 g/mol. The van der Waals surface area contributed by atoms with Crippen molar-refractivity contribution in [2.75, 3.05) is 5.75 Å². The van der Waals surface area contributed by atoms with Crippen LogP contribution in [0.15, 0.2) is 53.4 Å². The first-order valence-corrected chi connectivity index (χ1v) is 7.56. The second kappa shape index (κ2) is 6.71. The van der Waals surface area contributed by atoms with Crippen LogP contribution in [-0.2, 0) is 0 Å². The lowest BCUT2D eigenvalue weighted by molar-refractivity contribution is 0.102. The Morgan fingerprint density at radius 1 is 1.05 bits per heavy atom. The second-order valence-electron chi connectivity index (χ2n) is 4.94. The van der Waals surface area contributed by atoms with E-state index in [2.05, 4.69) is 26.0 Å². The lowest BCUT2D eigenvalue weighted by Crippen LogP contribution is -2.02. The molecule has 104 valence electrons. The van der Waals surface area contributed by atoms with Crippen molar-refractivity contribution in [1.82, 2.24) is 0 Å². The van der Waals surface area contributed by atoms with E-state index < -0.39 is 0 Å². The summed E-state index contributed by atoms with van der Waals surface area (Å²) in [4.78, 5) is 13.0. The minimum absolute atomic E-state index is 0.0166. The molecule has 0 fully saturated rings. The monoisotopic (exact) mass is 288 g/mol. The minimum Gasteiger partial charge on any atom is -0.293 e. The molecule has 0 N–H and O–H groups in total. The summed E-state index contributed by atoms with van der Waals surface area (Å²) in [7, 11) is 0. The fourth-order valence-corrected chi connectivity index (χ4v) is 2.61. The van der Waals surface area contributed by atoms with Gasteiger partial charge >= 0.3 is 0 Å². The van der Waals surface area contributed by atoms with E-state index in [1.54, 1.807) is 0 Å². The Morgan fingerprint density at radius 2 is 1.65 bits per heavy atom. The molecule has 0 radical (unpaired) electrons. The summed E-state index contributed by atoms with van der Waals surface area (Å²) in [5, 5.41) is 0. The van der Waals surface area contributed by atoms with Crippen LogP contribution in [0.5, 0.6) is 0 Å². The van der Waals surface area contributed by atoms with Crippen LogP contribution in [0.2, 0.25) is 0 Å². The standard InChI is InChI=1S/C17H17FOS/c1-12(2)13-5-9-16(10-6-13)20-11-17(19)14-3-7-15(18)8-4-14/h3-10,12H,11H2,1-2H3. The average molecular weight is 288 g/mol. The Balaban J connectivity index is 1.94. The van der Waals surface area contributed by atoms with Crippen LogP contribution in [0.4, 0.5) is 4.39 Å². The number of benzene rings is 2. The molecule has 0 aliphatic rings. The summed E-state index contributed by atoms with van der Waals surface area (Å²) in [5.41, 5.74) is 1.84. The molecule has 0 amide bonds. The van der Waals surface area contributed by atoms with Gasteiger partial charge in [-0.15, -0.1) is 11.8 Å². The molecule has 0 saturated carbocycles. The maximum Gasteiger partial charge on any atom is 0.173 e. The SMILES string of the molecule is CC(C)c1ccc(SCC(=O)c2ccc(F)cc2)cc1. The third-order valence-corrected chi connectivity index (χ3v) is 4.09. The van der Waals surface area contributed by atoms with Crippen molar-refractivity contribution in [3.63, 3.8) is 0 Å². The maximum absolute atomic E-state index is 12.8. The largest absolute Gasteiger partial charge is 0.293 e. The molecule has 0 heterocycles. The van der Waals surface area contributed by atoms with E-state index >= 15 is 0 Å². The Bertz CT molecular complexity index is 573. The molecule has 20 heavy (non-hydrogen) atoms. The van der Waals surface area contributed by atoms with Crippen molar-refractivity contribution in [2.45, 2.75) is 24.7 Å². The van der Waals surface area contributed by atoms with Gasteiger partial charge in [-0.25, -0.2) is 4.39 Å². The third kappa shape index (κ3) is 3.94. The van der Waals surface area contributed by atoms with E-state index in [-0.39, 0.29) is 11.6 Å². The van der Waals surface area contributed by atoms with Crippen LogP contribution < -0.4 is 0 Å². The van der Waals surface area contributed by atoms with Gasteiger partial charge < -0.3 is 0 Å². The highest BCUT2D eigenvalue weighted by atomic mass is 32.2. The summed E-state index contributed by atoms with van der Waals surface area (Å²) < 4.78 is 12.8. The number of halogens is 1. The van der Waals surface area contributed by atoms with Gasteiger partial charge in [-0.05, 0) is 47.9 Å². The topological polar surface area (TPSA) is 17.1 Å². The Labute approximate surface area is 123 Å². The van der Waals surface area contributed by atoms with E-state index in [1.807, 2.05) is 12.1 Å². The highest BCUT2D eigenvalue weighted by molar-refractivity contribution is 8.00. The molecule has 0 aliphatic heterocycles. The fraction of sp³-hybridized carbons (Fsp3) is 0.235. The Kier molecular flexibility index (Phi) is 4.96. The molecule has 2 aromatic rings. The van der Waals surface area contributed by atoms with E-state index in [0.29, 0.717) is 17.2 Å². The van der Waals surface area contributed by atoms with Gasteiger partial charge in [-0.1, -0.05) is 26.0 Å². The lowest BCUT2D eigenvalue weighted by Gasteiger charge is -2.06. The molecule has 3 heteroatoms. The second-order valence-corrected chi connectivity index (χ2v) is 5.99. The lowest BCUT2D eigenvalue weighted by atomic mass is 10.0. The van der Waals surface area contributed by atoms with Crippen molar-refractivity contribution >= 4 is 17.5 Å². The number of hydrogen-bond acceptors (Lipinski definition) is 2. The fourth-order valence-electron chi connectivity index (χ4n) is 1.82. The molecule has 0 aliphatic carbocycles. The molecule has 0 unspecified atom stereocenters. The number of carbonyl (C=O) groups excluding carboxylic acids is 1. The summed E-state index contributed by atoms with van der Waals surface area (Å²) in [6.07, 6.45) is 0. The number of hydrogen-bond donors (Lipinski definition) is 0.